The van der Waals surface area contributed by atoms with E-state index in [-0.39, 0.29) is 74.1 Å². The number of hydrogen-bond donors (Lipinski definition) is 0. The van der Waals surface area contributed by atoms with Crippen molar-refractivity contribution in [2.45, 2.75) is 122 Å². The monoisotopic (exact) mass is 812 g/mol. The summed E-state index contributed by atoms with van der Waals surface area (Å²) in [6, 6.07) is 0. The Labute approximate surface area is 335 Å². The fourth-order valence-electron chi connectivity index (χ4n) is 7.53. The van der Waals surface area contributed by atoms with Gasteiger partial charge in [0.05, 0.1) is 52.0 Å². The predicted octanol–water partition coefficient (Wildman–Crippen LogP) is 7.66. The first-order valence-electron chi connectivity index (χ1n) is 20.4. The zero-order valence-electron chi connectivity index (χ0n) is 33.3. The summed E-state index contributed by atoms with van der Waals surface area (Å²) in [4.78, 5) is 49.6. The Kier molecular flexibility index (Phi) is 20.8. The molecule has 2 fully saturated rings. The summed E-state index contributed by atoms with van der Waals surface area (Å²) in [5.74, 6) is 1.26. The van der Waals surface area contributed by atoms with Crippen LogP contribution >= 0.6 is 21.6 Å². The number of hydrogen-bond acceptors (Lipinski definition) is 14. The SMILES string of the molecule is CCC(C)C(=O)O[C@@H]1C[C@H](C)C=C2C=C[C@H](C)[C@H](CCC3CC(OC(=O)OCCOCCOCCOCCOC(=O)CCCCC4CCSS4)CC(=O)O3)[C@@H]21. The van der Waals surface area contributed by atoms with Crippen LogP contribution in [0.1, 0.15) is 98.3 Å². The molecule has 0 radical (unpaired) electrons. The van der Waals surface area contributed by atoms with Gasteiger partial charge in [-0.2, -0.15) is 0 Å². The first-order valence-corrected chi connectivity index (χ1v) is 22.8. The van der Waals surface area contributed by atoms with Gasteiger partial charge in [-0.25, -0.2) is 4.79 Å². The molecule has 0 spiro atoms. The van der Waals surface area contributed by atoms with Crippen molar-refractivity contribution in [2.24, 2.45) is 29.6 Å². The average molecular weight is 813 g/mol. The molecule has 0 bridgehead atoms. The third kappa shape index (κ3) is 16.6. The second-order valence-corrected chi connectivity index (χ2v) is 18.0. The smallest absolute Gasteiger partial charge is 0.463 e. The maximum atomic E-state index is 12.8. The average Bonchev–Trinajstić information content (AvgIpc) is 3.68. The Morgan fingerprint density at radius 1 is 0.891 bits per heavy atom. The second kappa shape index (κ2) is 25.2. The Hall–Kier alpha value is -2.26. The van der Waals surface area contributed by atoms with E-state index < -0.39 is 18.2 Å². The van der Waals surface area contributed by atoms with Gasteiger partial charge in [0.25, 0.3) is 0 Å². The number of carbonyl (C=O) groups excluding carboxylic acids is 4. The Bertz CT molecular complexity index is 1250. The van der Waals surface area contributed by atoms with Crippen LogP contribution in [0.3, 0.4) is 0 Å². The molecule has 12 nitrogen and oxygen atoms in total. The molecule has 2 saturated heterocycles. The van der Waals surface area contributed by atoms with Gasteiger partial charge in [-0.1, -0.05) is 73.9 Å². The van der Waals surface area contributed by atoms with Gasteiger partial charge in [0.15, 0.2) is 0 Å². The lowest BCUT2D eigenvalue weighted by Gasteiger charge is -2.43. The van der Waals surface area contributed by atoms with E-state index in [0.29, 0.717) is 58.2 Å². The lowest BCUT2D eigenvalue weighted by molar-refractivity contribution is -0.163. The summed E-state index contributed by atoms with van der Waals surface area (Å²) in [6.07, 6.45) is 12.8. The number of esters is 3. The number of ether oxygens (including phenoxy) is 8. The lowest BCUT2D eigenvalue weighted by Crippen LogP contribution is -2.42. The zero-order valence-corrected chi connectivity index (χ0v) is 34.9. The molecule has 0 N–H and O–H groups in total. The molecule has 0 aromatic rings. The second-order valence-electron chi connectivity index (χ2n) is 15.2. The van der Waals surface area contributed by atoms with Crippen LogP contribution in [0.25, 0.3) is 0 Å². The number of carbonyl (C=O) groups is 4. The van der Waals surface area contributed by atoms with Crippen LogP contribution in [-0.2, 0) is 52.3 Å². The van der Waals surface area contributed by atoms with Gasteiger partial charge in [0, 0.05) is 29.8 Å². The van der Waals surface area contributed by atoms with Gasteiger partial charge in [-0.15, -0.1) is 0 Å². The van der Waals surface area contributed by atoms with E-state index in [4.69, 9.17) is 37.9 Å². The Morgan fingerprint density at radius 3 is 2.29 bits per heavy atom. The van der Waals surface area contributed by atoms with Crippen molar-refractivity contribution in [3.8, 4) is 0 Å². The van der Waals surface area contributed by atoms with Crippen molar-refractivity contribution < 1.29 is 57.1 Å². The lowest BCUT2D eigenvalue weighted by atomic mass is 9.65. The van der Waals surface area contributed by atoms with E-state index in [1.54, 1.807) is 0 Å². The van der Waals surface area contributed by atoms with Crippen molar-refractivity contribution in [3.05, 3.63) is 23.8 Å². The van der Waals surface area contributed by atoms with Crippen molar-refractivity contribution in [1.82, 2.24) is 0 Å². The third-order valence-electron chi connectivity index (χ3n) is 10.7. The largest absolute Gasteiger partial charge is 0.508 e. The van der Waals surface area contributed by atoms with Crippen LogP contribution < -0.4 is 0 Å². The van der Waals surface area contributed by atoms with Gasteiger partial charge in [0.1, 0.15) is 31.5 Å². The van der Waals surface area contributed by atoms with E-state index in [1.807, 2.05) is 35.4 Å². The minimum Gasteiger partial charge on any atom is -0.463 e. The van der Waals surface area contributed by atoms with Crippen molar-refractivity contribution in [3.63, 3.8) is 0 Å². The standard InChI is InChI=1S/C41H64O12S2/c1-5-29(3)40(44)53-36-25-28(2)24-31-11-10-30(4)35(39(31)36)13-12-32-26-33(27-38(43)51-32)52-41(45)50-22-20-48-18-16-46-15-17-47-19-21-49-37(42)9-7-6-8-34-14-23-54-55-34/h10-11,24,28-30,32-36,39H,5-9,12-23,25-27H2,1-4H3/t28-,29?,30+,32?,33?,34?,35+,36-,39-/m1/s1. The van der Waals surface area contributed by atoms with Gasteiger partial charge in [0.2, 0.25) is 0 Å². The summed E-state index contributed by atoms with van der Waals surface area (Å²) in [7, 11) is 3.91. The molecule has 55 heavy (non-hydrogen) atoms. The molecule has 2 aliphatic heterocycles. The molecule has 2 heterocycles. The molecule has 0 amide bonds. The first kappa shape index (κ1) is 45.4. The fraction of sp³-hybridized carbons (Fsp3) is 0.805. The molecule has 0 aromatic heterocycles. The highest BCUT2D eigenvalue weighted by atomic mass is 33.1. The quantitative estimate of drug-likeness (QED) is 0.0407. The highest BCUT2D eigenvalue weighted by Crippen LogP contribution is 2.45. The molecule has 9 atom stereocenters. The van der Waals surface area contributed by atoms with E-state index in [1.165, 1.54) is 24.2 Å². The molecule has 2 aliphatic carbocycles. The van der Waals surface area contributed by atoms with Crippen LogP contribution in [0, 0.1) is 29.6 Å². The van der Waals surface area contributed by atoms with Crippen LogP contribution in [0.2, 0.25) is 0 Å². The van der Waals surface area contributed by atoms with Gasteiger partial charge in [-0.05, 0) is 68.3 Å². The molecular weight excluding hydrogens is 749 g/mol. The molecule has 4 unspecified atom stereocenters. The number of rotatable bonds is 24. The van der Waals surface area contributed by atoms with E-state index in [9.17, 15) is 19.2 Å². The molecule has 4 rings (SSSR count). The molecular formula is C41H64O12S2. The summed E-state index contributed by atoms with van der Waals surface area (Å²) in [5.41, 5.74) is 1.22. The Balaban J connectivity index is 1.02. The molecule has 312 valence electrons. The summed E-state index contributed by atoms with van der Waals surface area (Å²) in [6.45, 7) is 10.4. The van der Waals surface area contributed by atoms with Crippen LogP contribution in [0.4, 0.5) is 4.79 Å². The normalized spacial score (nSPS) is 28.1. The molecule has 14 heteroatoms. The minimum absolute atomic E-state index is 0.00568. The highest BCUT2D eigenvalue weighted by Gasteiger charge is 2.42. The van der Waals surface area contributed by atoms with Gasteiger partial charge >= 0.3 is 24.1 Å². The number of allylic oxidation sites excluding steroid dienone is 3. The number of fused-ring (bicyclic) bond motifs is 1. The molecule has 0 saturated carbocycles. The predicted molar refractivity (Wildman–Crippen MR) is 211 cm³/mol. The van der Waals surface area contributed by atoms with Crippen LogP contribution in [0.15, 0.2) is 23.8 Å². The third-order valence-corrected chi connectivity index (χ3v) is 13.8. The number of unbranched alkanes of at least 4 members (excludes halogenated alkanes) is 1. The summed E-state index contributed by atoms with van der Waals surface area (Å²) >= 11 is 0. The van der Waals surface area contributed by atoms with Crippen molar-refractivity contribution in [1.29, 1.82) is 0 Å². The Morgan fingerprint density at radius 2 is 1.60 bits per heavy atom. The van der Waals surface area contributed by atoms with E-state index in [0.717, 1.165) is 37.4 Å². The topological polar surface area (TPSA) is 142 Å². The first-order chi connectivity index (χ1) is 26.6. The van der Waals surface area contributed by atoms with Gasteiger partial charge < -0.3 is 37.9 Å². The summed E-state index contributed by atoms with van der Waals surface area (Å²) < 4.78 is 44.1. The fourth-order valence-corrected chi connectivity index (χ4v) is 10.6. The maximum absolute atomic E-state index is 12.8. The van der Waals surface area contributed by atoms with Crippen LogP contribution in [-0.4, -0.2) is 106 Å². The summed E-state index contributed by atoms with van der Waals surface area (Å²) in [5, 5.41) is 0.741. The molecule has 0 aromatic carbocycles. The minimum atomic E-state index is -0.845. The van der Waals surface area contributed by atoms with Gasteiger partial charge in [-0.3, -0.25) is 14.4 Å². The van der Waals surface area contributed by atoms with Crippen molar-refractivity contribution in [2.75, 3.05) is 58.6 Å². The highest BCUT2D eigenvalue weighted by molar-refractivity contribution is 8.77. The van der Waals surface area contributed by atoms with Crippen molar-refractivity contribution >= 4 is 45.7 Å². The zero-order chi connectivity index (χ0) is 39.4. The molecule has 4 aliphatic rings. The van der Waals surface area contributed by atoms with E-state index in [2.05, 4.69) is 32.1 Å². The number of cyclic esters (lactones) is 1. The maximum Gasteiger partial charge on any atom is 0.508 e. The van der Waals surface area contributed by atoms with Crippen LogP contribution in [0.5, 0.6) is 0 Å². The van der Waals surface area contributed by atoms with E-state index >= 15 is 0 Å².